The molecule has 1 heterocycles. The minimum Gasteiger partial charge on any atom is -0.345 e. The van der Waals surface area contributed by atoms with Gasteiger partial charge in [-0.15, -0.1) is 0 Å². The molecule has 0 saturated carbocycles. The van der Waals surface area contributed by atoms with Crippen LogP contribution in [-0.4, -0.2) is 18.9 Å². The van der Waals surface area contributed by atoms with Crippen LogP contribution < -0.4 is 10.4 Å². The highest BCUT2D eigenvalue weighted by molar-refractivity contribution is 6.52. The van der Waals surface area contributed by atoms with Crippen molar-refractivity contribution in [1.29, 1.82) is 0 Å². The lowest BCUT2D eigenvalue weighted by atomic mass is 9.73. The van der Waals surface area contributed by atoms with Crippen LogP contribution >= 0.6 is 0 Å². The first-order chi connectivity index (χ1) is 15.2. The molecule has 0 aliphatic carbocycles. The molecule has 0 fully saturated rings. The van der Waals surface area contributed by atoms with Crippen molar-refractivity contribution in [3.8, 4) is 5.69 Å². The van der Waals surface area contributed by atoms with E-state index in [-0.39, 0.29) is 0 Å². The topological polar surface area (TPSA) is 8.17 Å². The number of hydrogen-bond donors (Lipinski definition) is 0. The van der Waals surface area contributed by atoms with Crippen LogP contribution in [0.15, 0.2) is 91.0 Å². The van der Waals surface area contributed by atoms with Crippen molar-refractivity contribution in [2.45, 2.75) is 20.2 Å². The number of rotatable bonds is 5. The van der Waals surface area contributed by atoms with Gasteiger partial charge in [0.1, 0.15) is 7.28 Å². The molecule has 0 unspecified atom stereocenters. The largest absolute Gasteiger partial charge is 0.345 e. The van der Waals surface area contributed by atoms with Crippen LogP contribution in [0.25, 0.3) is 27.5 Å². The van der Waals surface area contributed by atoms with E-state index in [1.807, 2.05) is 6.07 Å². The molecule has 1 aromatic heterocycles. The average molecular weight is 401 g/mol. The summed E-state index contributed by atoms with van der Waals surface area (Å²) in [6.07, 6.45) is 1.04. The molecule has 5 aromatic rings. The number of nitrogens with zero attached hydrogens (tertiary/aromatic N) is 2. The van der Waals surface area contributed by atoms with E-state index in [4.69, 9.17) is 0 Å². The molecule has 0 atom stereocenters. The molecule has 0 aliphatic heterocycles. The van der Waals surface area contributed by atoms with Gasteiger partial charge in [0.05, 0.1) is 11.0 Å². The Morgan fingerprint density at radius 3 is 2.06 bits per heavy atom. The summed E-state index contributed by atoms with van der Waals surface area (Å²) in [5.74, 6) is 0. The third kappa shape index (κ3) is 3.40. The first-order valence-corrected chi connectivity index (χ1v) is 11.0. The fraction of sp³-hybridized carbons (Fsp3) is 0.143. The van der Waals surface area contributed by atoms with Gasteiger partial charge in [0, 0.05) is 34.9 Å². The van der Waals surface area contributed by atoms with Crippen LogP contribution in [0.5, 0.6) is 0 Å². The molecule has 2 nitrogen and oxygen atoms in total. The molecule has 0 aliphatic rings. The van der Waals surface area contributed by atoms with Gasteiger partial charge in [-0.05, 0) is 66.6 Å². The van der Waals surface area contributed by atoms with Crippen molar-refractivity contribution in [1.82, 2.24) is 4.57 Å². The predicted octanol–water partition coefficient (Wildman–Crippen LogP) is 6.49. The average Bonchev–Trinajstić information content (AvgIpc) is 3.17. The summed E-state index contributed by atoms with van der Waals surface area (Å²) in [5.41, 5.74) is 8.67. The Balaban J connectivity index is 1.65. The van der Waals surface area contributed by atoms with Gasteiger partial charge < -0.3 is 9.47 Å². The van der Waals surface area contributed by atoms with Gasteiger partial charge in [-0.3, -0.25) is 0 Å². The zero-order valence-electron chi connectivity index (χ0n) is 18.3. The predicted molar refractivity (Wildman–Crippen MR) is 136 cm³/mol. The summed E-state index contributed by atoms with van der Waals surface area (Å²) in [7, 11) is 4.28. The highest BCUT2D eigenvalue weighted by Gasteiger charge is 2.14. The van der Waals surface area contributed by atoms with E-state index in [0.717, 1.165) is 6.42 Å². The number of benzene rings is 4. The lowest BCUT2D eigenvalue weighted by molar-refractivity contribution is 1.14. The summed E-state index contributed by atoms with van der Waals surface area (Å²) in [6, 6.07) is 33.0. The minimum atomic E-state index is 1.04. The summed E-state index contributed by atoms with van der Waals surface area (Å²) >= 11 is 0. The Kier molecular flexibility index (Phi) is 5.03. The highest BCUT2D eigenvalue weighted by atomic mass is 15.1. The quantitative estimate of drug-likeness (QED) is 0.306. The molecule has 0 amide bonds. The van der Waals surface area contributed by atoms with Crippen molar-refractivity contribution in [3.05, 3.63) is 96.6 Å². The third-order valence-corrected chi connectivity index (χ3v) is 6.23. The van der Waals surface area contributed by atoms with Gasteiger partial charge in [0.15, 0.2) is 0 Å². The number of fused-ring (bicyclic) bond motifs is 3. The first kappa shape index (κ1) is 19.5. The van der Waals surface area contributed by atoms with Crippen molar-refractivity contribution in [3.63, 3.8) is 0 Å². The van der Waals surface area contributed by atoms with Gasteiger partial charge in [-0.1, -0.05) is 55.6 Å². The van der Waals surface area contributed by atoms with Gasteiger partial charge in [-0.2, -0.15) is 0 Å². The molecule has 31 heavy (non-hydrogen) atoms. The lowest BCUT2D eigenvalue weighted by Crippen LogP contribution is -2.09. The highest BCUT2D eigenvalue weighted by Crippen LogP contribution is 2.33. The van der Waals surface area contributed by atoms with E-state index in [1.165, 1.54) is 49.9 Å². The Morgan fingerprint density at radius 2 is 1.39 bits per heavy atom. The Labute approximate surface area is 185 Å². The number of hydrogen-bond acceptors (Lipinski definition) is 1. The Hall–Kier alpha value is -3.46. The molecule has 151 valence electrons. The van der Waals surface area contributed by atoms with Crippen LogP contribution in [-0.2, 0) is 6.42 Å². The molecule has 0 bridgehead atoms. The maximum Gasteiger partial charge on any atom is 0.148 e. The fourth-order valence-corrected chi connectivity index (χ4v) is 4.39. The van der Waals surface area contributed by atoms with E-state index in [2.05, 4.69) is 122 Å². The van der Waals surface area contributed by atoms with Crippen molar-refractivity contribution >= 4 is 45.9 Å². The normalized spacial score (nSPS) is 11.2. The Morgan fingerprint density at radius 1 is 0.742 bits per heavy atom. The van der Waals surface area contributed by atoms with Crippen LogP contribution in [0.3, 0.4) is 0 Å². The van der Waals surface area contributed by atoms with Gasteiger partial charge in [-0.25, -0.2) is 0 Å². The van der Waals surface area contributed by atoms with E-state index < -0.39 is 0 Å². The number of aryl methyl sites for hydroxylation is 1. The summed E-state index contributed by atoms with van der Waals surface area (Å²) in [4.78, 5) is 2.21. The zero-order chi connectivity index (χ0) is 21.4. The molecule has 3 heteroatoms. The molecule has 1 radical (unpaired) electrons. The first-order valence-electron chi connectivity index (χ1n) is 11.0. The molecular weight excluding hydrogens is 375 g/mol. The van der Waals surface area contributed by atoms with E-state index in [9.17, 15) is 0 Å². The van der Waals surface area contributed by atoms with Gasteiger partial charge in [0.2, 0.25) is 0 Å². The van der Waals surface area contributed by atoms with Crippen LogP contribution in [0.1, 0.15) is 12.5 Å². The fourth-order valence-electron chi connectivity index (χ4n) is 4.39. The van der Waals surface area contributed by atoms with Crippen molar-refractivity contribution < 1.29 is 0 Å². The monoisotopic (exact) mass is 401 g/mol. The SMILES string of the molecule is C[B]c1ccc2c(c1)c1cc(CC)ccc1n2-c1ccc(N(C)c2ccccc2)cc1. The van der Waals surface area contributed by atoms with Crippen LogP contribution in [0.2, 0.25) is 6.82 Å². The molecular formula is C28H26BN2. The standard InChI is InChI=1S/C28H26BN2/c1-4-20-10-16-27-25(18-20)26-19-21(29-2)11-17-28(26)31(27)24-14-12-23(13-15-24)30(3)22-8-6-5-7-9-22/h5-19H,4H2,1-3H3. The second-order valence-electron chi connectivity index (χ2n) is 8.02. The number of para-hydroxylation sites is 1. The van der Waals surface area contributed by atoms with Gasteiger partial charge >= 0.3 is 0 Å². The van der Waals surface area contributed by atoms with Crippen LogP contribution in [0, 0.1) is 0 Å². The van der Waals surface area contributed by atoms with Crippen LogP contribution in [0.4, 0.5) is 11.4 Å². The molecule has 4 aromatic carbocycles. The van der Waals surface area contributed by atoms with E-state index >= 15 is 0 Å². The van der Waals surface area contributed by atoms with E-state index in [1.54, 1.807) is 0 Å². The third-order valence-electron chi connectivity index (χ3n) is 6.23. The van der Waals surface area contributed by atoms with E-state index in [0.29, 0.717) is 0 Å². The molecule has 0 spiro atoms. The maximum atomic E-state index is 2.38. The second-order valence-corrected chi connectivity index (χ2v) is 8.02. The van der Waals surface area contributed by atoms with Gasteiger partial charge in [0.25, 0.3) is 0 Å². The van der Waals surface area contributed by atoms with Crippen molar-refractivity contribution in [2.24, 2.45) is 0 Å². The second kappa shape index (κ2) is 8.00. The number of anilines is 2. The molecule has 0 saturated heterocycles. The smallest absolute Gasteiger partial charge is 0.148 e. The van der Waals surface area contributed by atoms with Crippen molar-refractivity contribution in [2.75, 3.05) is 11.9 Å². The maximum absolute atomic E-state index is 2.38. The lowest BCUT2D eigenvalue weighted by Gasteiger charge is -2.20. The number of aromatic nitrogens is 1. The summed E-state index contributed by atoms with van der Waals surface area (Å²) in [5, 5.41) is 2.63. The zero-order valence-corrected chi connectivity index (χ0v) is 18.3. The Bertz CT molecular complexity index is 1290. The summed E-state index contributed by atoms with van der Waals surface area (Å²) in [6.45, 7) is 4.31. The minimum absolute atomic E-state index is 1.04. The molecule has 5 rings (SSSR count). The summed E-state index contributed by atoms with van der Waals surface area (Å²) < 4.78 is 2.38. The molecule has 0 N–H and O–H groups in total.